The number of aryl methyl sites for hydroxylation is 2. The molecule has 0 spiro atoms. The van der Waals surface area contributed by atoms with Crippen molar-refractivity contribution in [2.24, 2.45) is 13.0 Å². The van der Waals surface area contributed by atoms with Crippen molar-refractivity contribution in [1.82, 2.24) is 9.78 Å². The van der Waals surface area contributed by atoms with Crippen LogP contribution in [0.4, 0.5) is 0 Å². The summed E-state index contributed by atoms with van der Waals surface area (Å²) >= 11 is 9.53. The Kier molecular flexibility index (Phi) is 5.46. The van der Waals surface area contributed by atoms with Crippen LogP contribution < -0.4 is 0 Å². The molecular formula is C15H18BrClN2. The van der Waals surface area contributed by atoms with Crippen molar-refractivity contribution < 1.29 is 0 Å². The number of nitrogens with zero attached hydrogens (tertiary/aromatic N) is 2. The van der Waals surface area contributed by atoms with Gasteiger partial charge in [-0.3, -0.25) is 4.68 Å². The quantitative estimate of drug-likeness (QED) is 0.718. The van der Waals surface area contributed by atoms with Crippen molar-refractivity contribution in [3.8, 4) is 0 Å². The fraction of sp³-hybridized carbons (Fsp3) is 0.400. The second kappa shape index (κ2) is 7.11. The zero-order chi connectivity index (χ0) is 13.7. The van der Waals surface area contributed by atoms with Crippen LogP contribution in [0.3, 0.4) is 0 Å². The molecule has 0 amide bonds. The molecule has 2 nitrogen and oxygen atoms in total. The van der Waals surface area contributed by atoms with Crippen molar-refractivity contribution in [1.29, 1.82) is 0 Å². The molecule has 0 aliphatic carbocycles. The predicted molar refractivity (Wildman–Crippen MR) is 84.0 cm³/mol. The third-order valence-electron chi connectivity index (χ3n) is 3.26. The molecular weight excluding hydrogens is 324 g/mol. The van der Waals surface area contributed by atoms with Crippen molar-refractivity contribution in [2.45, 2.75) is 19.3 Å². The zero-order valence-electron chi connectivity index (χ0n) is 11.0. The summed E-state index contributed by atoms with van der Waals surface area (Å²) < 4.78 is 1.86. The first kappa shape index (κ1) is 14.6. The Bertz CT molecular complexity index is 507. The highest BCUT2D eigenvalue weighted by molar-refractivity contribution is 9.09. The standard InChI is InChI=1S/C15H18BrClN2/c1-19-11-14(10-18-19)3-2-13(9-16)8-12-4-6-15(17)7-5-12/h4-7,10-11,13H,2-3,8-9H2,1H3. The molecule has 0 aliphatic rings. The molecule has 0 aliphatic heterocycles. The number of alkyl halides is 1. The number of aromatic nitrogens is 2. The van der Waals surface area contributed by atoms with E-state index >= 15 is 0 Å². The SMILES string of the molecule is Cn1cc(CCC(CBr)Cc2ccc(Cl)cc2)cn1. The molecule has 2 aromatic rings. The fourth-order valence-corrected chi connectivity index (χ4v) is 2.84. The average Bonchev–Trinajstić information content (AvgIpc) is 2.82. The van der Waals surface area contributed by atoms with Gasteiger partial charge in [0.05, 0.1) is 6.20 Å². The van der Waals surface area contributed by atoms with E-state index in [-0.39, 0.29) is 0 Å². The van der Waals surface area contributed by atoms with Gasteiger partial charge in [0, 0.05) is 23.6 Å². The Morgan fingerprint density at radius 1 is 1.26 bits per heavy atom. The lowest BCUT2D eigenvalue weighted by Crippen LogP contribution is -2.07. The first-order valence-corrected chi connectivity index (χ1v) is 7.95. The van der Waals surface area contributed by atoms with E-state index in [4.69, 9.17) is 11.6 Å². The molecule has 102 valence electrons. The van der Waals surface area contributed by atoms with Gasteiger partial charge in [0.15, 0.2) is 0 Å². The molecule has 1 heterocycles. The molecule has 0 fully saturated rings. The summed E-state index contributed by atoms with van der Waals surface area (Å²) in [4.78, 5) is 0. The molecule has 0 radical (unpaired) electrons. The third-order valence-corrected chi connectivity index (χ3v) is 4.42. The van der Waals surface area contributed by atoms with Crippen LogP contribution in [-0.4, -0.2) is 15.1 Å². The number of rotatable bonds is 6. The van der Waals surface area contributed by atoms with E-state index in [0.717, 1.165) is 23.2 Å². The highest BCUT2D eigenvalue weighted by Gasteiger charge is 2.09. The van der Waals surface area contributed by atoms with Gasteiger partial charge in [0.1, 0.15) is 0 Å². The summed E-state index contributed by atoms with van der Waals surface area (Å²) in [6.07, 6.45) is 7.38. The molecule has 0 bridgehead atoms. The average molecular weight is 342 g/mol. The Morgan fingerprint density at radius 3 is 2.58 bits per heavy atom. The van der Waals surface area contributed by atoms with Gasteiger partial charge < -0.3 is 0 Å². The summed E-state index contributed by atoms with van der Waals surface area (Å²) in [6, 6.07) is 8.15. The van der Waals surface area contributed by atoms with E-state index < -0.39 is 0 Å². The van der Waals surface area contributed by atoms with E-state index in [1.807, 2.05) is 30.1 Å². The number of halogens is 2. The van der Waals surface area contributed by atoms with Crippen LogP contribution in [-0.2, 0) is 19.9 Å². The van der Waals surface area contributed by atoms with Crippen LogP contribution in [0.15, 0.2) is 36.7 Å². The van der Waals surface area contributed by atoms with Gasteiger partial charge >= 0.3 is 0 Å². The van der Waals surface area contributed by atoms with E-state index in [1.54, 1.807) is 0 Å². The molecule has 19 heavy (non-hydrogen) atoms. The number of hydrogen-bond acceptors (Lipinski definition) is 1. The van der Waals surface area contributed by atoms with Gasteiger partial charge in [0.2, 0.25) is 0 Å². The lowest BCUT2D eigenvalue weighted by Gasteiger charge is -2.13. The largest absolute Gasteiger partial charge is 0.276 e. The highest BCUT2D eigenvalue weighted by atomic mass is 79.9. The number of benzene rings is 1. The normalized spacial score (nSPS) is 12.6. The van der Waals surface area contributed by atoms with Crippen LogP contribution in [0.1, 0.15) is 17.5 Å². The third kappa shape index (κ3) is 4.66. The lowest BCUT2D eigenvalue weighted by molar-refractivity contribution is 0.542. The van der Waals surface area contributed by atoms with Crippen molar-refractivity contribution >= 4 is 27.5 Å². The van der Waals surface area contributed by atoms with Crippen molar-refractivity contribution in [2.75, 3.05) is 5.33 Å². The molecule has 0 saturated carbocycles. The minimum Gasteiger partial charge on any atom is -0.276 e. The van der Waals surface area contributed by atoms with Crippen LogP contribution >= 0.6 is 27.5 Å². The topological polar surface area (TPSA) is 17.8 Å². The summed E-state index contributed by atoms with van der Waals surface area (Å²) in [5.74, 6) is 0.640. The summed E-state index contributed by atoms with van der Waals surface area (Å²) in [6.45, 7) is 0. The Morgan fingerprint density at radius 2 is 2.00 bits per heavy atom. The Labute approximate surface area is 127 Å². The van der Waals surface area contributed by atoms with Crippen LogP contribution in [0.2, 0.25) is 5.02 Å². The van der Waals surface area contributed by atoms with E-state index in [9.17, 15) is 0 Å². The molecule has 0 saturated heterocycles. The predicted octanol–water partition coefficient (Wildman–Crippen LogP) is 4.26. The van der Waals surface area contributed by atoms with E-state index in [1.165, 1.54) is 17.5 Å². The monoisotopic (exact) mass is 340 g/mol. The first-order chi connectivity index (χ1) is 9.17. The second-order valence-corrected chi connectivity index (χ2v) is 6.00. The smallest absolute Gasteiger partial charge is 0.0521 e. The van der Waals surface area contributed by atoms with Gasteiger partial charge in [-0.15, -0.1) is 0 Å². The van der Waals surface area contributed by atoms with Gasteiger partial charge in [-0.05, 0) is 48.4 Å². The Balaban J connectivity index is 1.87. The molecule has 1 aromatic carbocycles. The molecule has 4 heteroatoms. The van der Waals surface area contributed by atoms with E-state index in [0.29, 0.717) is 5.92 Å². The van der Waals surface area contributed by atoms with Crippen LogP contribution in [0.25, 0.3) is 0 Å². The molecule has 1 aromatic heterocycles. The van der Waals surface area contributed by atoms with Crippen molar-refractivity contribution in [3.05, 3.63) is 52.8 Å². The minimum absolute atomic E-state index is 0.640. The second-order valence-electron chi connectivity index (χ2n) is 4.91. The molecule has 2 rings (SSSR count). The molecule has 1 unspecified atom stereocenters. The zero-order valence-corrected chi connectivity index (χ0v) is 13.4. The van der Waals surface area contributed by atoms with Gasteiger partial charge in [0.25, 0.3) is 0 Å². The first-order valence-electron chi connectivity index (χ1n) is 6.45. The lowest BCUT2D eigenvalue weighted by atomic mass is 9.95. The summed E-state index contributed by atoms with van der Waals surface area (Å²) in [7, 11) is 1.96. The van der Waals surface area contributed by atoms with Crippen LogP contribution in [0.5, 0.6) is 0 Å². The maximum absolute atomic E-state index is 5.91. The fourth-order valence-electron chi connectivity index (χ4n) is 2.16. The maximum atomic E-state index is 5.91. The van der Waals surface area contributed by atoms with Gasteiger partial charge in [-0.1, -0.05) is 39.7 Å². The Hall–Kier alpha value is -0.800. The van der Waals surface area contributed by atoms with Crippen molar-refractivity contribution in [3.63, 3.8) is 0 Å². The van der Waals surface area contributed by atoms with E-state index in [2.05, 4.69) is 39.4 Å². The summed E-state index contributed by atoms with van der Waals surface area (Å²) in [5, 5.41) is 6.03. The number of hydrogen-bond donors (Lipinski definition) is 0. The van der Waals surface area contributed by atoms with Crippen LogP contribution in [0, 0.1) is 5.92 Å². The molecule has 1 atom stereocenters. The minimum atomic E-state index is 0.640. The highest BCUT2D eigenvalue weighted by Crippen LogP contribution is 2.19. The van der Waals surface area contributed by atoms with Gasteiger partial charge in [-0.2, -0.15) is 5.10 Å². The summed E-state index contributed by atoms with van der Waals surface area (Å²) in [5.41, 5.74) is 2.66. The van der Waals surface area contributed by atoms with Gasteiger partial charge in [-0.25, -0.2) is 0 Å². The molecule has 0 N–H and O–H groups in total. The maximum Gasteiger partial charge on any atom is 0.0521 e.